The Balaban J connectivity index is 1.62. The zero-order valence-corrected chi connectivity index (χ0v) is 18.8. The van der Waals surface area contributed by atoms with Crippen LogP contribution in [0.1, 0.15) is 6.92 Å². The summed E-state index contributed by atoms with van der Waals surface area (Å²) >= 11 is 0. The molecule has 3 rings (SSSR count). The third-order valence-electron chi connectivity index (χ3n) is 4.57. The van der Waals surface area contributed by atoms with Crippen LogP contribution in [0.3, 0.4) is 0 Å². The van der Waals surface area contributed by atoms with Crippen molar-refractivity contribution in [1.82, 2.24) is 5.32 Å². The number of anilines is 1. The molecule has 0 aliphatic rings. The maximum Gasteiger partial charge on any atom is 0.243 e. The largest absolute Gasteiger partial charge is 0.492 e. The van der Waals surface area contributed by atoms with Crippen molar-refractivity contribution in [1.29, 1.82) is 0 Å². The van der Waals surface area contributed by atoms with E-state index < -0.39 is 22.0 Å². The van der Waals surface area contributed by atoms with Crippen LogP contribution in [0.5, 0.6) is 17.2 Å². The van der Waals surface area contributed by atoms with Crippen molar-refractivity contribution in [2.24, 2.45) is 0 Å². The topological polar surface area (TPSA) is 84.9 Å². The molecule has 0 bridgehead atoms. The maximum absolute atomic E-state index is 12.6. The first-order valence-corrected chi connectivity index (χ1v) is 12.0. The molecule has 8 heteroatoms. The summed E-state index contributed by atoms with van der Waals surface area (Å²) in [6, 6.07) is 24.1. The second kappa shape index (κ2) is 10.7. The molecular formula is C24H26N2O5S. The quantitative estimate of drug-likeness (QED) is 0.471. The predicted octanol–water partition coefficient (Wildman–Crippen LogP) is 3.83. The molecule has 0 heterocycles. The molecule has 7 nitrogen and oxygen atoms in total. The number of benzene rings is 3. The normalized spacial score (nSPS) is 11.9. The molecule has 3 aromatic carbocycles. The fourth-order valence-electron chi connectivity index (χ4n) is 3.10. The van der Waals surface area contributed by atoms with Crippen molar-refractivity contribution >= 4 is 21.6 Å². The molecule has 168 valence electrons. The Morgan fingerprint density at radius 3 is 1.97 bits per heavy atom. The lowest BCUT2D eigenvalue weighted by atomic mass is 10.2. The molecule has 3 aromatic rings. The highest BCUT2D eigenvalue weighted by Gasteiger charge is 2.29. The minimum atomic E-state index is -3.71. The molecule has 1 unspecified atom stereocenters. The lowest BCUT2D eigenvalue weighted by Crippen LogP contribution is -2.48. The number of nitrogens with one attached hydrogen (secondary N) is 1. The Morgan fingerprint density at radius 2 is 1.41 bits per heavy atom. The van der Waals surface area contributed by atoms with E-state index in [4.69, 9.17) is 9.47 Å². The van der Waals surface area contributed by atoms with E-state index in [9.17, 15) is 13.2 Å². The lowest BCUT2D eigenvalue weighted by molar-refractivity contribution is -0.121. The highest BCUT2D eigenvalue weighted by molar-refractivity contribution is 7.92. The van der Waals surface area contributed by atoms with E-state index in [2.05, 4.69) is 5.32 Å². The minimum Gasteiger partial charge on any atom is -0.492 e. The molecule has 0 aromatic heterocycles. The summed E-state index contributed by atoms with van der Waals surface area (Å²) in [5, 5.41) is 2.72. The van der Waals surface area contributed by atoms with Gasteiger partial charge in [-0.15, -0.1) is 0 Å². The maximum atomic E-state index is 12.6. The summed E-state index contributed by atoms with van der Waals surface area (Å²) < 4.78 is 37.3. The van der Waals surface area contributed by atoms with Crippen LogP contribution < -0.4 is 19.1 Å². The van der Waals surface area contributed by atoms with Gasteiger partial charge in [0.05, 0.1) is 18.5 Å². The molecule has 0 saturated carbocycles. The number of nitrogens with zero attached hydrogens (tertiary/aromatic N) is 1. The summed E-state index contributed by atoms with van der Waals surface area (Å²) in [5.41, 5.74) is 0.371. The Labute approximate surface area is 188 Å². The standard InChI is InChI=1S/C24H26N2O5S/c1-19(24(27)25-17-18-30-21-9-5-3-6-10-21)26(32(2,28)29)20-13-15-23(16-14-20)31-22-11-7-4-8-12-22/h3-16,19H,17-18H2,1-2H3,(H,25,27). The molecule has 0 fully saturated rings. The van der Waals surface area contributed by atoms with Gasteiger partial charge in [0.2, 0.25) is 15.9 Å². The van der Waals surface area contributed by atoms with Crippen LogP contribution in [0.25, 0.3) is 0 Å². The number of sulfonamides is 1. The number of rotatable bonds is 10. The van der Waals surface area contributed by atoms with Crippen molar-refractivity contribution < 1.29 is 22.7 Å². The van der Waals surface area contributed by atoms with Crippen LogP contribution in [0, 0.1) is 0 Å². The predicted molar refractivity (Wildman–Crippen MR) is 125 cm³/mol. The Kier molecular flexibility index (Phi) is 7.72. The fraction of sp³-hybridized carbons (Fsp3) is 0.208. The van der Waals surface area contributed by atoms with Crippen molar-refractivity contribution in [3.8, 4) is 17.2 Å². The van der Waals surface area contributed by atoms with E-state index in [1.807, 2.05) is 60.7 Å². The molecule has 1 amide bonds. The first-order chi connectivity index (χ1) is 15.3. The molecule has 0 spiro atoms. The zero-order chi connectivity index (χ0) is 23.0. The molecule has 1 N–H and O–H groups in total. The van der Waals surface area contributed by atoms with Gasteiger partial charge in [0, 0.05) is 0 Å². The summed E-state index contributed by atoms with van der Waals surface area (Å²) in [7, 11) is -3.71. The number of carbonyl (C=O) groups excluding carboxylic acids is 1. The van der Waals surface area contributed by atoms with Gasteiger partial charge in [-0.25, -0.2) is 8.42 Å². The first kappa shape index (κ1) is 23.1. The van der Waals surface area contributed by atoms with Gasteiger partial charge >= 0.3 is 0 Å². The third kappa shape index (κ3) is 6.49. The molecule has 0 radical (unpaired) electrons. The number of carbonyl (C=O) groups is 1. The summed E-state index contributed by atoms with van der Waals surface area (Å²) in [6.45, 7) is 2.06. The number of ether oxygens (including phenoxy) is 2. The second-order valence-corrected chi connectivity index (χ2v) is 8.96. The molecule has 1 atom stereocenters. The van der Waals surface area contributed by atoms with Gasteiger partial charge in [-0.1, -0.05) is 36.4 Å². The van der Waals surface area contributed by atoms with E-state index in [0.29, 0.717) is 22.9 Å². The highest BCUT2D eigenvalue weighted by atomic mass is 32.2. The summed E-state index contributed by atoms with van der Waals surface area (Å²) in [6.07, 6.45) is 1.07. The van der Waals surface area contributed by atoms with Gasteiger partial charge in [-0.05, 0) is 55.5 Å². The van der Waals surface area contributed by atoms with Crippen LogP contribution >= 0.6 is 0 Å². The molecule has 0 aliphatic heterocycles. The summed E-state index contributed by atoms with van der Waals surface area (Å²) in [5.74, 6) is 1.51. The molecule has 0 saturated heterocycles. The van der Waals surface area contributed by atoms with Crippen molar-refractivity contribution in [3.63, 3.8) is 0 Å². The van der Waals surface area contributed by atoms with Gasteiger partial charge in [0.25, 0.3) is 0 Å². The Hall–Kier alpha value is -3.52. The number of hydrogen-bond donors (Lipinski definition) is 1. The molecule has 0 aliphatic carbocycles. The Bertz CT molecular complexity index is 1100. The fourth-order valence-corrected chi connectivity index (χ4v) is 4.28. The van der Waals surface area contributed by atoms with Crippen LogP contribution in [-0.4, -0.2) is 39.8 Å². The van der Waals surface area contributed by atoms with Crippen LogP contribution in [0.4, 0.5) is 5.69 Å². The third-order valence-corrected chi connectivity index (χ3v) is 5.81. The average Bonchev–Trinajstić information content (AvgIpc) is 2.78. The van der Waals surface area contributed by atoms with Crippen molar-refractivity contribution in [2.45, 2.75) is 13.0 Å². The smallest absolute Gasteiger partial charge is 0.243 e. The van der Waals surface area contributed by atoms with Gasteiger partial charge in [0.1, 0.15) is 29.9 Å². The van der Waals surface area contributed by atoms with Crippen LogP contribution in [-0.2, 0) is 14.8 Å². The SMILES string of the molecule is CC(C(=O)NCCOc1ccccc1)N(c1ccc(Oc2ccccc2)cc1)S(C)(=O)=O. The van der Waals surface area contributed by atoms with Crippen molar-refractivity contribution in [3.05, 3.63) is 84.9 Å². The second-order valence-electron chi connectivity index (χ2n) is 7.10. The van der Waals surface area contributed by atoms with E-state index in [1.165, 1.54) is 0 Å². The summed E-state index contributed by atoms with van der Waals surface area (Å²) in [4.78, 5) is 12.6. The first-order valence-electron chi connectivity index (χ1n) is 10.1. The molecular weight excluding hydrogens is 428 g/mol. The molecule has 32 heavy (non-hydrogen) atoms. The Morgan fingerprint density at radius 1 is 0.875 bits per heavy atom. The zero-order valence-electron chi connectivity index (χ0n) is 18.0. The van der Waals surface area contributed by atoms with Gasteiger partial charge < -0.3 is 14.8 Å². The van der Waals surface area contributed by atoms with Gasteiger partial charge in [-0.2, -0.15) is 0 Å². The van der Waals surface area contributed by atoms with Crippen LogP contribution in [0.2, 0.25) is 0 Å². The number of para-hydroxylation sites is 2. The van der Waals surface area contributed by atoms with Crippen LogP contribution in [0.15, 0.2) is 84.9 Å². The number of hydrogen-bond acceptors (Lipinski definition) is 5. The van der Waals surface area contributed by atoms with Gasteiger partial charge in [0.15, 0.2) is 0 Å². The minimum absolute atomic E-state index is 0.250. The van der Waals surface area contributed by atoms with E-state index in [-0.39, 0.29) is 13.2 Å². The lowest BCUT2D eigenvalue weighted by Gasteiger charge is -2.28. The van der Waals surface area contributed by atoms with E-state index in [0.717, 1.165) is 10.6 Å². The average molecular weight is 455 g/mol. The highest BCUT2D eigenvalue weighted by Crippen LogP contribution is 2.26. The van der Waals surface area contributed by atoms with E-state index in [1.54, 1.807) is 31.2 Å². The van der Waals surface area contributed by atoms with Gasteiger partial charge in [-0.3, -0.25) is 9.10 Å². The van der Waals surface area contributed by atoms with Crippen molar-refractivity contribution in [2.75, 3.05) is 23.7 Å². The monoisotopic (exact) mass is 454 g/mol. The van der Waals surface area contributed by atoms with E-state index >= 15 is 0 Å². The number of amides is 1.